The van der Waals surface area contributed by atoms with Crippen LogP contribution in [0.4, 0.5) is 5.69 Å². The van der Waals surface area contributed by atoms with Crippen LogP contribution in [0.2, 0.25) is 0 Å². The van der Waals surface area contributed by atoms with E-state index in [4.69, 9.17) is 9.47 Å². The van der Waals surface area contributed by atoms with Crippen LogP contribution >= 0.6 is 0 Å². The van der Waals surface area contributed by atoms with Crippen molar-refractivity contribution >= 4 is 22.4 Å². The summed E-state index contributed by atoms with van der Waals surface area (Å²) in [6, 6.07) is 21.4. The molecular weight excluding hydrogens is 440 g/mol. The van der Waals surface area contributed by atoms with E-state index < -0.39 is 0 Å². The van der Waals surface area contributed by atoms with Crippen molar-refractivity contribution in [1.29, 1.82) is 0 Å². The molecule has 0 amide bonds. The van der Waals surface area contributed by atoms with Crippen molar-refractivity contribution in [3.63, 3.8) is 0 Å². The molecule has 5 rings (SSSR count). The molecule has 0 saturated heterocycles. The first-order chi connectivity index (χ1) is 17.0. The summed E-state index contributed by atoms with van der Waals surface area (Å²) in [4.78, 5) is 26.8. The van der Waals surface area contributed by atoms with Gasteiger partial charge in [0.25, 0.3) is 5.56 Å². The summed E-state index contributed by atoms with van der Waals surface area (Å²) in [7, 11) is 0. The molecule has 0 fully saturated rings. The molecular formula is C29H28N2O4. The molecule has 6 heteroatoms. The molecule has 0 spiro atoms. The first kappa shape index (κ1) is 22.7. The number of hydrogen-bond donors (Lipinski definition) is 1. The number of rotatable bonds is 7. The van der Waals surface area contributed by atoms with Crippen LogP contribution in [0, 0.1) is 13.8 Å². The number of ketones is 1. The summed E-state index contributed by atoms with van der Waals surface area (Å²) in [5, 5.41) is 4.14. The second-order valence-electron chi connectivity index (χ2n) is 8.98. The van der Waals surface area contributed by atoms with Gasteiger partial charge in [0.1, 0.15) is 13.2 Å². The lowest BCUT2D eigenvalue weighted by molar-refractivity contribution is -0.119. The molecule has 35 heavy (non-hydrogen) atoms. The normalized spacial score (nSPS) is 12.5. The van der Waals surface area contributed by atoms with Gasteiger partial charge in [0.05, 0.1) is 12.1 Å². The third-order valence-corrected chi connectivity index (χ3v) is 6.32. The standard InChI is InChI=1S/C29H28N2O4/c1-19-8-9-20(2)21(12-19)14-25(32)18-31-26-16-28-27(34-10-11-35-28)15-22(26)13-23(29(31)33)17-30-24-6-4-3-5-7-24/h3-9,12-13,15-16,30H,10-11,14,17-18H2,1-2H3. The molecule has 2 heterocycles. The van der Waals surface area contributed by atoms with Crippen molar-refractivity contribution in [3.05, 3.63) is 99.3 Å². The van der Waals surface area contributed by atoms with Gasteiger partial charge in [0.2, 0.25) is 0 Å². The molecule has 1 aliphatic rings. The van der Waals surface area contributed by atoms with Gasteiger partial charge in [-0.3, -0.25) is 9.59 Å². The van der Waals surface area contributed by atoms with Crippen LogP contribution in [0.25, 0.3) is 10.9 Å². The van der Waals surface area contributed by atoms with Crippen molar-refractivity contribution in [2.24, 2.45) is 0 Å². The molecule has 4 aromatic rings. The molecule has 6 nitrogen and oxygen atoms in total. The predicted molar refractivity (Wildman–Crippen MR) is 138 cm³/mol. The van der Waals surface area contributed by atoms with Crippen molar-refractivity contribution in [3.8, 4) is 11.5 Å². The van der Waals surface area contributed by atoms with Crippen LogP contribution in [-0.4, -0.2) is 23.6 Å². The zero-order valence-electron chi connectivity index (χ0n) is 20.0. The zero-order valence-corrected chi connectivity index (χ0v) is 20.0. The summed E-state index contributed by atoms with van der Waals surface area (Å²) in [6.45, 7) is 5.28. The third-order valence-electron chi connectivity index (χ3n) is 6.32. The average molecular weight is 469 g/mol. The smallest absolute Gasteiger partial charge is 0.256 e. The van der Waals surface area contributed by atoms with E-state index >= 15 is 0 Å². The number of carbonyl (C=O) groups is 1. The molecule has 1 aliphatic heterocycles. The van der Waals surface area contributed by atoms with Crippen LogP contribution < -0.4 is 20.3 Å². The molecule has 178 valence electrons. The number of pyridine rings is 1. The van der Waals surface area contributed by atoms with Crippen molar-refractivity contribution in [2.75, 3.05) is 18.5 Å². The number of Topliss-reactive ketones (excluding diaryl/α,β-unsaturated/α-hetero) is 1. The maximum atomic E-state index is 13.6. The highest BCUT2D eigenvalue weighted by molar-refractivity contribution is 5.87. The van der Waals surface area contributed by atoms with Gasteiger partial charge in [-0.2, -0.15) is 0 Å². The van der Waals surface area contributed by atoms with Crippen LogP contribution in [0.1, 0.15) is 22.3 Å². The lowest BCUT2D eigenvalue weighted by atomic mass is 10.0. The summed E-state index contributed by atoms with van der Waals surface area (Å²) < 4.78 is 13.1. The topological polar surface area (TPSA) is 69.6 Å². The molecule has 0 aliphatic carbocycles. The molecule has 0 unspecified atom stereocenters. The Balaban J connectivity index is 1.52. The number of nitrogens with zero attached hydrogens (tertiary/aromatic N) is 1. The number of para-hydroxylation sites is 1. The molecule has 0 bridgehead atoms. The van der Waals surface area contributed by atoms with Crippen molar-refractivity contribution < 1.29 is 14.3 Å². The maximum Gasteiger partial charge on any atom is 0.256 e. The van der Waals surface area contributed by atoms with Gasteiger partial charge in [-0.1, -0.05) is 42.0 Å². The molecule has 0 atom stereocenters. The van der Waals surface area contributed by atoms with Crippen LogP contribution in [-0.2, 0) is 24.3 Å². The fourth-order valence-corrected chi connectivity index (χ4v) is 4.45. The zero-order chi connectivity index (χ0) is 24.4. The van der Waals surface area contributed by atoms with Gasteiger partial charge in [-0.15, -0.1) is 0 Å². The van der Waals surface area contributed by atoms with E-state index in [0.29, 0.717) is 42.3 Å². The van der Waals surface area contributed by atoms with E-state index in [0.717, 1.165) is 27.8 Å². The van der Waals surface area contributed by atoms with Crippen LogP contribution in [0.5, 0.6) is 11.5 Å². The number of fused-ring (bicyclic) bond motifs is 2. The van der Waals surface area contributed by atoms with E-state index in [-0.39, 0.29) is 24.3 Å². The summed E-state index contributed by atoms with van der Waals surface area (Å²) in [5.74, 6) is 1.22. The van der Waals surface area contributed by atoms with Gasteiger partial charge in [0.15, 0.2) is 17.3 Å². The van der Waals surface area contributed by atoms with Gasteiger partial charge < -0.3 is 19.4 Å². The van der Waals surface area contributed by atoms with E-state index in [1.54, 1.807) is 4.57 Å². The highest BCUT2D eigenvalue weighted by Crippen LogP contribution is 2.34. The Morgan fingerprint density at radius 1 is 0.914 bits per heavy atom. The van der Waals surface area contributed by atoms with Crippen molar-refractivity contribution in [1.82, 2.24) is 4.57 Å². The fraction of sp³-hybridized carbons (Fsp3) is 0.241. The summed E-state index contributed by atoms with van der Waals surface area (Å²) >= 11 is 0. The quantitative estimate of drug-likeness (QED) is 0.421. The molecule has 3 aromatic carbocycles. The number of benzene rings is 3. The lowest BCUT2D eigenvalue weighted by Gasteiger charge is -2.21. The van der Waals surface area contributed by atoms with E-state index in [2.05, 4.69) is 5.32 Å². The highest BCUT2D eigenvalue weighted by Gasteiger charge is 2.19. The Labute approximate surface area is 204 Å². The van der Waals surface area contributed by atoms with Crippen LogP contribution in [0.3, 0.4) is 0 Å². The number of aromatic nitrogens is 1. The minimum atomic E-state index is -0.188. The number of carbonyl (C=O) groups excluding carboxylic acids is 1. The summed E-state index contributed by atoms with van der Waals surface area (Å²) in [6.07, 6.45) is 0.276. The van der Waals surface area contributed by atoms with Gasteiger partial charge in [0, 0.05) is 35.7 Å². The molecule has 1 N–H and O–H groups in total. The van der Waals surface area contributed by atoms with Gasteiger partial charge >= 0.3 is 0 Å². The molecule has 0 saturated carbocycles. The number of aryl methyl sites for hydroxylation is 2. The van der Waals surface area contributed by atoms with Gasteiger partial charge in [-0.25, -0.2) is 0 Å². The largest absolute Gasteiger partial charge is 0.486 e. The summed E-state index contributed by atoms with van der Waals surface area (Å²) in [5.41, 5.74) is 5.15. The van der Waals surface area contributed by atoms with E-state index in [9.17, 15) is 9.59 Å². The van der Waals surface area contributed by atoms with Gasteiger partial charge in [-0.05, 0) is 49.2 Å². The number of ether oxygens (including phenoxy) is 2. The first-order valence-corrected chi connectivity index (χ1v) is 11.8. The molecule has 1 aromatic heterocycles. The second-order valence-corrected chi connectivity index (χ2v) is 8.98. The average Bonchev–Trinajstić information content (AvgIpc) is 2.86. The Morgan fingerprint density at radius 3 is 2.43 bits per heavy atom. The SMILES string of the molecule is Cc1ccc(C)c(CC(=O)Cn2c(=O)c(CNc3ccccc3)cc3cc4c(cc32)OCCO4)c1. The minimum absolute atomic E-state index is 0.0124. The maximum absolute atomic E-state index is 13.6. The fourth-order valence-electron chi connectivity index (χ4n) is 4.45. The first-order valence-electron chi connectivity index (χ1n) is 11.8. The monoisotopic (exact) mass is 468 g/mol. The number of hydrogen-bond acceptors (Lipinski definition) is 5. The van der Waals surface area contributed by atoms with Crippen molar-refractivity contribution in [2.45, 2.75) is 33.4 Å². The van der Waals surface area contributed by atoms with E-state index in [1.165, 1.54) is 0 Å². The highest BCUT2D eigenvalue weighted by atomic mass is 16.6. The Hall–Kier alpha value is -4.06. The van der Waals surface area contributed by atoms with Crippen LogP contribution in [0.15, 0.2) is 71.5 Å². The number of anilines is 1. The lowest BCUT2D eigenvalue weighted by Crippen LogP contribution is -2.29. The predicted octanol–water partition coefficient (Wildman–Crippen LogP) is 4.81. The minimum Gasteiger partial charge on any atom is -0.486 e. The number of nitrogens with one attached hydrogen (secondary N) is 1. The molecule has 0 radical (unpaired) electrons. The third kappa shape index (κ3) is 4.92. The van der Waals surface area contributed by atoms with E-state index in [1.807, 2.05) is 80.6 Å². The Kier molecular flexibility index (Phi) is 6.27. The Morgan fingerprint density at radius 2 is 1.66 bits per heavy atom. The second kappa shape index (κ2) is 9.66. The Bertz CT molecular complexity index is 1460.